The summed E-state index contributed by atoms with van der Waals surface area (Å²) in [5.41, 5.74) is 0.709. The molecule has 0 radical (unpaired) electrons. The number of hydrogen-bond acceptors (Lipinski definition) is 2. The number of alkyl halides is 3. The molecule has 2 aromatic rings. The van der Waals surface area contributed by atoms with Crippen molar-refractivity contribution in [3.63, 3.8) is 0 Å². The molecule has 1 aromatic carbocycles. The molecule has 1 heterocycles. The zero-order valence-corrected chi connectivity index (χ0v) is 10.7. The highest BCUT2D eigenvalue weighted by Gasteiger charge is 2.27. The van der Waals surface area contributed by atoms with Crippen molar-refractivity contribution in [2.75, 3.05) is 13.2 Å². The van der Waals surface area contributed by atoms with Gasteiger partial charge < -0.3 is 9.30 Å². The lowest BCUT2D eigenvalue weighted by Gasteiger charge is -2.11. The number of aromatic nitrogens is 1. The fourth-order valence-corrected chi connectivity index (χ4v) is 1.98. The second kappa shape index (κ2) is 6.09. The Morgan fingerprint density at radius 1 is 1.15 bits per heavy atom. The molecule has 0 aliphatic rings. The standard InChI is InChI=1S/C14H14F3NO2/c15-14(16,17)10-20-9-3-7-18-8-6-13(19)11-4-1-2-5-12(11)18/h1-2,4-6,8H,3,7,9-10H2. The lowest BCUT2D eigenvalue weighted by Crippen LogP contribution is -2.18. The van der Waals surface area contributed by atoms with Gasteiger partial charge in [-0.25, -0.2) is 0 Å². The summed E-state index contributed by atoms with van der Waals surface area (Å²) in [6.45, 7) is -0.698. The van der Waals surface area contributed by atoms with Crippen LogP contribution >= 0.6 is 0 Å². The van der Waals surface area contributed by atoms with Crippen molar-refractivity contribution in [3.8, 4) is 0 Å². The van der Waals surface area contributed by atoms with Gasteiger partial charge in [0.05, 0.1) is 5.52 Å². The summed E-state index contributed by atoms with van der Waals surface area (Å²) < 4.78 is 42.1. The minimum absolute atomic E-state index is 0.0277. The molecular weight excluding hydrogens is 271 g/mol. The minimum atomic E-state index is -4.29. The van der Waals surface area contributed by atoms with Crippen molar-refractivity contribution in [2.45, 2.75) is 19.1 Å². The van der Waals surface area contributed by atoms with Gasteiger partial charge in [-0.3, -0.25) is 4.79 Å². The molecule has 20 heavy (non-hydrogen) atoms. The van der Waals surface area contributed by atoms with E-state index in [1.54, 1.807) is 18.3 Å². The first-order chi connectivity index (χ1) is 9.47. The maximum Gasteiger partial charge on any atom is 0.411 e. The second-order valence-corrected chi connectivity index (χ2v) is 4.41. The molecule has 3 nitrogen and oxygen atoms in total. The van der Waals surface area contributed by atoms with Crippen molar-refractivity contribution in [1.29, 1.82) is 0 Å². The Labute approximate surface area is 113 Å². The van der Waals surface area contributed by atoms with Crippen LogP contribution in [0.3, 0.4) is 0 Å². The summed E-state index contributed by atoms with van der Waals surface area (Å²) >= 11 is 0. The van der Waals surface area contributed by atoms with Gasteiger partial charge >= 0.3 is 6.18 Å². The molecule has 0 spiro atoms. The van der Waals surface area contributed by atoms with Crippen LogP contribution in [0.25, 0.3) is 10.9 Å². The average Bonchev–Trinajstić information content (AvgIpc) is 2.40. The fourth-order valence-electron chi connectivity index (χ4n) is 1.98. The lowest BCUT2D eigenvalue weighted by atomic mass is 10.2. The van der Waals surface area contributed by atoms with Crippen LogP contribution in [0.2, 0.25) is 0 Å². The molecule has 6 heteroatoms. The highest BCUT2D eigenvalue weighted by atomic mass is 19.4. The van der Waals surface area contributed by atoms with Crippen LogP contribution in [0.5, 0.6) is 0 Å². The SMILES string of the molecule is O=c1ccn(CCCOCC(F)(F)F)c2ccccc12. The lowest BCUT2D eigenvalue weighted by molar-refractivity contribution is -0.174. The van der Waals surface area contributed by atoms with Gasteiger partial charge in [-0.15, -0.1) is 0 Å². The van der Waals surface area contributed by atoms with Crippen molar-refractivity contribution in [1.82, 2.24) is 4.57 Å². The monoisotopic (exact) mass is 285 g/mol. The maximum absolute atomic E-state index is 11.9. The Balaban J connectivity index is 1.97. The van der Waals surface area contributed by atoms with Crippen LogP contribution in [0, 0.1) is 0 Å². The van der Waals surface area contributed by atoms with E-state index < -0.39 is 12.8 Å². The van der Waals surface area contributed by atoms with Crippen molar-refractivity contribution in [2.24, 2.45) is 0 Å². The molecule has 1 aromatic heterocycles. The Morgan fingerprint density at radius 2 is 1.90 bits per heavy atom. The molecule has 2 rings (SSSR count). The average molecular weight is 285 g/mol. The van der Waals surface area contributed by atoms with Crippen LogP contribution in [-0.4, -0.2) is 24.0 Å². The summed E-state index contributed by atoms with van der Waals surface area (Å²) in [6.07, 6.45) is -2.19. The topological polar surface area (TPSA) is 31.2 Å². The number of benzene rings is 1. The predicted octanol–water partition coefficient (Wildman–Crippen LogP) is 2.97. The van der Waals surface area contributed by atoms with Crippen LogP contribution in [0.4, 0.5) is 13.2 Å². The van der Waals surface area contributed by atoms with Crippen LogP contribution in [-0.2, 0) is 11.3 Å². The van der Waals surface area contributed by atoms with Crippen molar-refractivity contribution in [3.05, 3.63) is 46.8 Å². The molecule has 0 saturated heterocycles. The first kappa shape index (κ1) is 14.6. The summed E-state index contributed by atoms with van der Waals surface area (Å²) in [6, 6.07) is 8.60. The molecule has 0 unspecified atom stereocenters. The number of aryl methyl sites for hydroxylation is 1. The summed E-state index contributed by atoms with van der Waals surface area (Å²) in [4.78, 5) is 11.7. The molecule has 108 valence electrons. The van der Waals surface area contributed by atoms with Gasteiger partial charge in [-0.05, 0) is 18.6 Å². The zero-order valence-electron chi connectivity index (χ0n) is 10.7. The Morgan fingerprint density at radius 3 is 2.65 bits per heavy atom. The highest BCUT2D eigenvalue weighted by molar-refractivity contribution is 5.78. The van der Waals surface area contributed by atoms with Crippen LogP contribution in [0.15, 0.2) is 41.3 Å². The van der Waals surface area contributed by atoms with E-state index >= 15 is 0 Å². The zero-order chi connectivity index (χ0) is 14.6. The third-order valence-corrected chi connectivity index (χ3v) is 2.84. The quantitative estimate of drug-likeness (QED) is 0.791. The van der Waals surface area contributed by atoms with Crippen LogP contribution in [0.1, 0.15) is 6.42 Å². The summed E-state index contributed by atoms with van der Waals surface area (Å²) in [7, 11) is 0. The Hall–Kier alpha value is -1.82. The van der Waals surface area contributed by atoms with E-state index in [9.17, 15) is 18.0 Å². The molecular formula is C14H14F3NO2. The number of pyridine rings is 1. The molecule has 0 N–H and O–H groups in total. The molecule has 0 bridgehead atoms. The number of halogens is 3. The van der Waals surface area contributed by atoms with E-state index in [2.05, 4.69) is 4.74 Å². The van der Waals surface area contributed by atoms with Crippen molar-refractivity contribution >= 4 is 10.9 Å². The Kier molecular flexibility index (Phi) is 4.44. The number of rotatable bonds is 5. The molecule has 0 aliphatic heterocycles. The third kappa shape index (κ3) is 3.84. The summed E-state index contributed by atoms with van der Waals surface area (Å²) in [5, 5.41) is 0.603. The highest BCUT2D eigenvalue weighted by Crippen LogP contribution is 2.14. The van der Waals surface area contributed by atoms with Crippen LogP contribution < -0.4 is 5.43 Å². The summed E-state index contributed by atoms with van der Waals surface area (Å²) in [5.74, 6) is 0. The molecule has 0 atom stereocenters. The van der Waals surface area contributed by atoms with Gasteiger partial charge in [0.25, 0.3) is 0 Å². The smallest absolute Gasteiger partial charge is 0.372 e. The van der Waals surface area contributed by atoms with E-state index in [0.29, 0.717) is 18.4 Å². The fraction of sp³-hybridized carbons (Fsp3) is 0.357. The van der Waals surface area contributed by atoms with Gasteiger partial charge in [-0.2, -0.15) is 13.2 Å². The second-order valence-electron chi connectivity index (χ2n) is 4.41. The Bertz CT molecular complexity index is 634. The van der Waals surface area contributed by atoms with Gasteiger partial charge in [-0.1, -0.05) is 12.1 Å². The van der Waals surface area contributed by atoms with E-state index in [4.69, 9.17) is 0 Å². The number of fused-ring (bicyclic) bond motifs is 1. The van der Waals surface area contributed by atoms with Gasteiger partial charge in [0.15, 0.2) is 5.43 Å². The van der Waals surface area contributed by atoms with E-state index in [-0.39, 0.29) is 12.0 Å². The van der Waals surface area contributed by atoms with Gasteiger partial charge in [0.1, 0.15) is 6.61 Å². The van der Waals surface area contributed by atoms with E-state index in [0.717, 1.165) is 5.52 Å². The van der Waals surface area contributed by atoms with Gasteiger partial charge in [0.2, 0.25) is 0 Å². The van der Waals surface area contributed by atoms with Crippen molar-refractivity contribution < 1.29 is 17.9 Å². The third-order valence-electron chi connectivity index (χ3n) is 2.84. The first-order valence-electron chi connectivity index (χ1n) is 6.20. The number of ether oxygens (including phenoxy) is 1. The predicted molar refractivity (Wildman–Crippen MR) is 69.7 cm³/mol. The first-order valence-corrected chi connectivity index (χ1v) is 6.20. The number of hydrogen-bond donors (Lipinski definition) is 0. The maximum atomic E-state index is 11.9. The molecule has 0 aliphatic carbocycles. The molecule has 0 fully saturated rings. The minimum Gasteiger partial charge on any atom is -0.372 e. The molecule has 0 saturated carbocycles. The van der Waals surface area contributed by atoms with E-state index in [1.807, 2.05) is 16.7 Å². The van der Waals surface area contributed by atoms with Gasteiger partial charge in [0, 0.05) is 30.8 Å². The normalized spacial score (nSPS) is 11.9. The van der Waals surface area contributed by atoms with E-state index in [1.165, 1.54) is 6.07 Å². The number of nitrogens with zero attached hydrogens (tertiary/aromatic N) is 1. The largest absolute Gasteiger partial charge is 0.411 e. The molecule has 0 amide bonds. The number of para-hydroxylation sites is 1.